The third-order valence-electron chi connectivity index (χ3n) is 3.92. The molecule has 0 fully saturated rings. The van der Waals surface area contributed by atoms with Gasteiger partial charge in [-0.2, -0.15) is 0 Å². The lowest BCUT2D eigenvalue weighted by atomic mass is 10.1. The van der Waals surface area contributed by atoms with Crippen molar-refractivity contribution in [3.63, 3.8) is 0 Å². The summed E-state index contributed by atoms with van der Waals surface area (Å²) in [6.45, 7) is 2.02. The maximum Gasteiger partial charge on any atom is 0.277 e. The number of nitrogens with zero attached hydrogens (tertiary/aromatic N) is 2. The molecule has 7 heteroatoms. The first-order chi connectivity index (χ1) is 13.1. The fourth-order valence-electron chi connectivity index (χ4n) is 2.55. The summed E-state index contributed by atoms with van der Waals surface area (Å²) in [5, 5.41) is 11.4. The molecule has 1 aromatic heterocycles. The van der Waals surface area contributed by atoms with Gasteiger partial charge in [-0.05, 0) is 43.5 Å². The van der Waals surface area contributed by atoms with E-state index in [0.717, 1.165) is 22.9 Å². The normalized spacial score (nSPS) is 11.9. The van der Waals surface area contributed by atoms with Crippen molar-refractivity contribution in [2.24, 2.45) is 0 Å². The molecule has 0 spiro atoms. The Balaban J connectivity index is 1.44. The predicted molar refractivity (Wildman–Crippen MR) is 111 cm³/mol. The van der Waals surface area contributed by atoms with Gasteiger partial charge < -0.3 is 9.73 Å². The smallest absolute Gasteiger partial charge is 0.277 e. The molecular weight excluding hydrogens is 426 g/mol. The van der Waals surface area contributed by atoms with Crippen LogP contribution < -0.4 is 5.32 Å². The van der Waals surface area contributed by atoms with Crippen LogP contribution in [0.1, 0.15) is 18.9 Å². The number of halogens is 1. The summed E-state index contributed by atoms with van der Waals surface area (Å²) in [4.78, 5) is 12.1. The monoisotopic (exact) mass is 445 g/mol. The number of hydrogen-bond acceptors (Lipinski definition) is 5. The minimum Gasteiger partial charge on any atom is -0.411 e. The average molecular weight is 446 g/mol. The Hall–Kier alpha value is -2.12. The van der Waals surface area contributed by atoms with Gasteiger partial charge in [-0.1, -0.05) is 64.1 Å². The highest BCUT2D eigenvalue weighted by atomic mass is 79.9. The third kappa shape index (κ3) is 6.22. The summed E-state index contributed by atoms with van der Waals surface area (Å²) < 4.78 is 6.57. The zero-order valence-electron chi connectivity index (χ0n) is 14.9. The highest BCUT2D eigenvalue weighted by Gasteiger charge is 2.13. The molecule has 0 unspecified atom stereocenters. The van der Waals surface area contributed by atoms with Crippen LogP contribution in [0.25, 0.3) is 11.5 Å². The van der Waals surface area contributed by atoms with Crippen LogP contribution in [-0.2, 0) is 11.2 Å². The molecule has 140 valence electrons. The molecule has 2 aromatic carbocycles. The van der Waals surface area contributed by atoms with E-state index in [1.807, 2.05) is 49.4 Å². The molecule has 0 aliphatic carbocycles. The van der Waals surface area contributed by atoms with Crippen molar-refractivity contribution in [2.75, 3.05) is 5.75 Å². The van der Waals surface area contributed by atoms with E-state index in [-0.39, 0.29) is 17.7 Å². The van der Waals surface area contributed by atoms with Crippen molar-refractivity contribution in [3.05, 3.63) is 64.6 Å². The second-order valence-corrected chi connectivity index (χ2v) is 8.01. The Morgan fingerprint density at radius 1 is 1.19 bits per heavy atom. The van der Waals surface area contributed by atoms with E-state index in [1.54, 1.807) is 0 Å². The number of carbonyl (C=O) groups is 1. The highest BCUT2D eigenvalue weighted by molar-refractivity contribution is 9.10. The van der Waals surface area contributed by atoms with E-state index < -0.39 is 0 Å². The molecule has 0 aliphatic heterocycles. The van der Waals surface area contributed by atoms with E-state index >= 15 is 0 Å². The molecule has 1 N–H and O–H groups in total. The first-order valence-electron chi connectivity index (χ1n) is 8.65. The largest absolute Gasteiger partial charge is 0.411 e. The Labute approximate surface area is 171 Å². The molecule has 1 atom stereocenters. The van der Waals surface area contributed by atoms with E-state index in [9.17, 15) is 4.79 Å². The standard InChI is InChI=1S/C20H20BrN3O2S/c1-14(10-11-15-6-3-2-4-7-15)22-18(25)13-27-20-24-23-19(26-20)16-8-5-9-17(21)12-16/h2-9,12,14H,10-11,13H2,1H3,(H,22,25)/t14-/m0/s1. The van der Waals surface area contributed by atoms with Crippen molar-refractivity contribution >= 4 is 33.6 Å². The van der Waals surface area contributed by atoms with Crippen molar-refractivity contribution in [1.82, 2.24) is 15.5 Å². The minimum absolute atomic E-state index is 0.0391. The quantitative estimate of drug-likeness (QED) is 0.507. The summed E-state index contributed by atoms with van der Waals surface area (Å²) in [5.74, 6) is 0.647. The maximum atomic E-state index is 12.1. The predicted octanol–water partition coefficient (Wildman–Crippen LogP) is 4.73. The van der Waals surface area contributed by atoms with Gasteiger partial charge in [0.1, 0.15) is 0 Å². The van der Waals surface area contributed by atoms with Gasteiger partial charge in [-0.15, -0.1) is 10.2 Å². The third-order valence-corrected chi connectivity index (χ3v) is 5.23. The van der Waals surface area contributed by atoms with Gasteiger partial charge in [-0.25, -0.2) is 0 Å². The van der Waals surface area contributed by atoms with Crippen LogP contribution in [0.2, 0.25) is 0 Å². The lowest BCUT2D eigenvalue weighted by molar-refractivity contribution is -0.119. The Kier molecular flexibility index (Phi) is 7.06. The number of thioether (sulfide) groups is 1. The molecular formula is C20H20BrN3O2S. The van der Waals surface area contributed by atoms with E-state index in [1.165, 1.54) is 17.3 Å². The van der Waals surface area contributed by atoms with Gasteiger partial charge in [-0.3, -0.25) is 4.79 Å². The Bertz CT molecular complexity index is 886. The van der Waals surface area contributed by atoms with Crippen molar-refractivity contribution in [1.29, 1.82) is 0 Å². The summed E-state index contributed by atoms with van der Waals surface area (Å²) in [6, 6.07) is 18.0. The van der Waals surface area contributed by atoms with E-state index in [0.29, 0.717) is 11.1 Å². The van der Waals surface area contributed by atoms with Crippen molar-refractivity contribution in [2.45, 2.75) is 31.0 Å². The van der Waals surface area contributed by atoms with Gasteiger partial charge in [0.2, 0.25) is 11.8 Å². The van der Waals surface area contributed by atoms with Crippen LogP contribution in [0.15, 0.2) is 68.7 Å². The van der Waals surface area contributed by atoms with Crippen LogP contribution in [0, 0.1) is 0 Å². The highest BCUT2D eigenvalue weighted by Crippen LogP contribution is 2.25. The second-order valence-electron chi connectivity index (χ2n) is 6.16. The molecule has 3 aromatic rings. The number of aryl methyl sites for hydroxylation is 1. The number of benzene rings is 2. The van der Waals surface area contributed by atoms with Crippen molar-refractivity contribution in [3.8, 4) is 11.5 Å². The first kappa shape index (κ1) is 19.6. The average Bonchev–Trinajstić information content (AvgIpc) is 3.15. The fourth-order valence-corrected chi connectivity index (χ4v) is 3.52. The number of nitrogens with one attached hydrogen (secondary N) is 1. The van der Waals surface area contributed by atoms with E-state index in [4.69, 9.17) is 4.42 Å². The minimum atomic E-state index is -0.0391. The van der Waals surface area contributed by atoms with Crippen molar-refractivity contribution < 1.29 is 9.21 Å². The number of carbonyl (C=O) groups excluding carboxylic acids is 1. The van der Waals surface area contributed by atoms with Gasteiger partial charge in [0.25, 0.3) is 5.22 Å². The van der Waals surface area contributed by atoms with Crippen LogP contribution in [0.4, 0.5) is 0 Å². The second kappa shape index (κ2) is 9.71. The topological polar surface area (TPSA) is 68.0 Å². The van der Waals surface area contributed by atoms with Crippen LogP contribution in [0.5, 0.6) is 0 Å². The Morgan fingerprint density at radius 2 is 2.00 bits per heavy atom. The molecule has 27 heavy (non-hydrogen) atoms. The molecule has 1 amide bonds. The summed E-state index contributed by atoms with van der Waals surface area (Å²) in [6.07, 6.45) is 1.84. The number of amides is 1. The molecule has 0 radical (unpaired) electrons. The summed E-state index contributed by atoms with van der Waals surface area (Å²) in [7, 11) is 0. The van der Waals surface area contributed by atoms with Gasteiger partial charge in [0.15, 0.2) is 0 Å². The molecule has 5 nitrogen and oxygen atoms in total. The summed E-state index contributed by atoms with van der Waals surface area (Å²) >= 11 is 4.66. The lowest BCUT2D eigenvalue weighted by Crippen LogP contribution is -2.34. The molecule has 0 aliphatic rings. The molecule has 0 saturated heterocycles. The molecule has 0 bridgehead atoms. The van der Waals surface area contributed by atoms with Crippen LogP contribution in [-0.4, -0.2) is 27.9 Å². The van der Waals surface area contributed by atoms with Gasteiger partial charge in [0, 0.05) is 16.1 Å². The SMILES string of the molecule is C[C@@H](CCc1ccccc1)NC(=O)CSc1nnc(-c2cccc(Br)c2)o1. The maximum absolute atomic E-state index is 12.1. The zero-order valence-corrected chi connectivity index (χ0v) is 17.3. The lowest BCUT2D eigenvalue weighted by Gasteiger charge is -2.13. The molecule has 3 rings (SSSR count). The van der Waals surface area contributed by atoms with Gasteiger partial charge >= 0.3 is 0 Å². The van der Waals surface area contributed by atoms with Crippen LogP contribution >= 0.6 is 27.7 Å². The zero-order chi connectivity index (χ0) is 19.1. The van der Waals surface area contributed by atoms with E-state index in [2.05, 4.69) is 43.6 Å². The number of aromatic nitrogens is 2. The summed E-state index contributed by atoms with van der Waals surface area (Å²) in [5.41, 5.74) is 2.11. The number of rotatable bonds is 8. The molecule has 0 saturated carbocycles. The van der Waals surface area contributed by atoms with Gasteiger partial charge in [0.05, 0.1) is 5.75 Å². The van der Waals surface area contributed by atoms with Crippen LogP contribution in [0.3, 0.4) is 0 Å². The first-order valence-corrected chi connectivity index (χ1v) is 10.4. The Morgan fingerprint density at radius 3 is 2.78 bits per heavy atom. The number of hydrogen-bond donors (Lipinski definition) is 1. The molecule has 1 heterocycles. The fraction of sp³-hybridized carbons (Fsp3) is 0.250.